The van der Waals surface area contributed by atoms with Crippen molar-refractivity contribution >= 4 is 30.7 Å². The molecule has 1 aromatic carbocycles. The molecule has 24 heavy (non-hydrogen) atoms. The van der Waals surface area contributed by atoms with Gasteiger partial charge in [0.25, 0.3) is 0 Å². The summed E-state index contributed by atoms with van der Waals surface area (Å²) >= 11 is 0. The third-order valence-corrected chi connectivity index (χ3v) is 4.12. The van der Waals surface area contributed by atoms with Gasteiger partial charge in [-0.15, -0.1) is 24.8 Å². The van der Waals surface area contributed by atoms with E-state index in [1.807, 2.05) is 42.3 Å². The Bertz CT molecular complexity index is 465. The molecular weight excluding hydrogens is 345 g/mol. The van der Waals surface area contributed by atoms with Crippen molar-refractivity contribution in [1.29, 1.82) is 0 Å². The number of rotatable bonds is 8. The molecule has 1 aromatic rings. The number of nitrogens with zero attached hydrogens (tertiary/aromatic N) is 2. The number of likely N-dealkylation sites (N-methyl/N-ethyl adjacent to an activating group) is 2. The van der Waals surface area contributed by atoms with E-state index in [1.165, 1.54) is 0 Å². The molecule has 0 saturated carbocycles. The van der Waals surface area contributed by atoms with E-state index in [9.17, 15) is 4.79 Å². The quantitative estimate of drug-likeness (QED) is 0.755. The van der Waals surface area contributed by atoms with Gasteiger partial charge in [0.05, 0.1) is 0 Å². The Balaban J connectivity index is 0. The van der Waals surface area contributed by atoms with E-state index in [-0.39, 0.29) is 42.2 Å². The van der Waals surface area contributed by atoms with Crippen LogP contribution < -0.4 is 5.73 Å². The monoisotopic (exact) mass is 377 g/mol. The molecule has 1 unspecified atom stereocenters. The molecule has 0 heterocycles. The number of amides is 1. The van der Waals surface area contributed by atoms with Crippen LogP contribution in [0.1, 0.15) is 39.3 Å². The molecule has 0 radical (unpaired) electrons. The van der Waals surface area contributed by atoms with Crippen LogP contribution in [0.5, 0.6) is 0 Å². The van der Waals surface area contributed by atoms with Crippen LogP contribution in [-0.2, 0) is 4.79 Å². The number of benzene rings is 1. The summed E-state index contributed by atoms with van der Waals surface area (Å²) in [4.78, 5) is 17.1. The minimum atomic E-state index is -0.227. The summed E-state index contributed by atoms with van der Waals surface area (Å²) in [5, 5.41) is 0. The summed E-state index contributed by atoms with van der Waals surface area (Å²) in [6.45, 7) is 11.3. The molecule has 0 aliphatic carbocycles. The lowest BCUT2D eigenvalue weighted by Crippen LogP contribution is -2.45. The Morgan fingerprint density at radius 2 is 1.62 bits per heavy atom. The molecular formula is C18H33Cl2N3O. The fraction of sp³-hybridized carbons (Fsp3) is 0.611. The lowest BCUT2D eigenvalue weighted by atomic mass is 9.92. The first-order valence-corrected chi connectivity index (χ1v) is 8.10. The van der Waals surface area contributed by atoms with Gasteiger partial charge in [-0.1, -0.05) is 58.0 Å². The van der Waals surface area contributed by atoms with Crippen molar-refractivity contribution in [1.82, 2.24) is 9.80 Å². The molecule has 1 rings (SSSR count). The molecule has 0 aliphatic rings. The number of carbonyl (C=O) groups is 1. The van der Waals surface area contributed by atoms with Crippen LogP contribution >= 0.6 is 24.8 Å². The van der Waals surface area contributed by atoms with Gasteiger partial charge in [-0.2, -0.15) is 0 Å². The second-order valence-corrected chi connectivity index (χ2v) is 6.60. The van der Waals surface area contributed by atoms with Crippen LogP contribution in [0.2, 0.25) is 0 Å². The minimum Gasteiger partial charge on any atom is -0.344 e. The van der Waals surface area contributed by atoms with E-state index >= 15 is 0 Å². The summed E-state index contributed by atoms with van der Waals surface area (Å²) in [5.41, 5.74) is 6.78. The molecule has 1 amide bonds. The first-order chi connectivity index (χ1) is 10.4. The Morgan fingerprint density at radius 3 is 2.04 bits per heavy atom. The van der Waals surface area contributed by atoms with Crippen LogP contribution in [-0.4, -0.2) is 48.9 Å². The van der Waals surface area contributed by atoms with Crippen molar-refractivity contribution in [2.24, 2.45) is 11.1 Å². The highest BCUT2D eigenvalue weighted by Crippen LogP contribution is 2.24. The van der Waals surface area contributed by atoms with Crippen molar-refractivity contribution < 1.29 is 4.79 Å². The molecule has 2 N–H and O–H groups in total. The summed E-state index contributed by atoms with van der Waals surface area (Å²) in [7, 11) is 1.87. The van der Waals surface area contributed by atoms with E-state index < -0.39 is 0 Å². The average molecular weight is 378 g/mol. The zero-order valence-corrected chi connectivity index (χ0v) is 17.1. The Hall–Kier alpha value is -0.810. The molecule has 140 valence electrons. The zero-order chi connectivity index (χ0) is 16.8. The number of hydrogen-bond acceptors (Lipinski definition) is 3. The molecule has 0 aromatic heterocycles. The molecule has 0 saturated heterocycles. The number of carbonyl (C=O) groups excluding carboxylic acids is 1. The Kier molecular flexibility index (Phi) is 12.4. The number of hydrogen-bond donors (Lipinski definition) is 1. The van der Waals surface area contributed by atoms with E-state index in [0.29, 0.717) is 13.1 Å². The molecule has 1 atom stereocenters. The highest BCUT2D eigenvalue weighted by atomic mass is 35.5. The van der Waals surface area contributed by atoms with Crippen LogP contribution in [0.3, 0.4) is 0 Å². The predicted octanol–water partition coefficient (Wildman–Crippen LogP) is 3.36. The summed E-state index contributed by atoms with van der Waals surface area (Å²) in [5.74, 6) is 0.136. The maximum absolute atomic E-state index is 13.0. The van der Waals surface area contributed by atoms with Gasteiger partial charge in [0.2, 0.25) is 5.91 Å². The van der Waals surface area contributed by atoms with Crippen molar-refractivity contribution in [3.63, 3.8) is 0 Å². The van der Waals surface area contributed by atoms with Gasteiger partial charge in [0.1, 0.15) is 6.04 Å². The zero-order valence-electron chi connectivity index (χ0n) is 15.5. The van der Waals surface area contributed by atoms with Crippen molar-refractivity contribution in [2.75, 3.05) is 33.2 Å². The van der Waals surface area contributed by atoms with Crippen LogP contribution in [0.25, 0.3) is 0 Å². The number of nitrogens with two attached hydrogens (primary N) is 1. The molecule has 0 fully saturated rings. The fourth-order valence-electron chi connectivity index (χ4n) is 2.73. The van der Waals surface area contributed by atoms with Gasteiger partial charge in [-0.05, 0) is 30.6 Å². The van der Waals surface area contributed by atoms with E-state index in [1.54, 1.807) is 0 Å². The summed E-state index contributed by atoms with van der Waals surface area (Å²) in [6, 6.07) is 9.79. The Labute approximate surface area is 159 Å². The Morgan fingerprint density at radius 1 is 1.12 bits per heavy atom. The van der Waals surface area contributed by atoms with Gasteiger partial charge in [0, 0.05) is 13.6 Å². The second-order valence-electron chi connectivity index (χ2n) is 6.60. The topological polar surface area (TPSA) is 49.6 Å². The highest BCUT2D eigenvalue weighted by Gasteiger charge is 2.30. The molecule has 0 aliphatic heterocycles. The maximum atomic E-state index is 13.0. The largest absolute Gasteiger partial charge is 0.344 e. The van der Waals surface area contributed by atoms with Crippen molar-refractivity contribution in [3.8, 4) is 0 Å². The van der Waals surface area contributed by atoms with Crippen LogP contribution in [0, 0.1) is 5.41 Å². The lowest BCUT2D eigenvalue weighted by Gasteiger charge is -2.35. The van der Waals surface area contributed by atoms with Gasteiger partial charge in [-0.25, -0.2) is 0 Å². The van der Waals surface area contributed by atoms with Crippen LogP contribution in [0.4, 0.5) is 0 Å². The normalized spacial score (nSPS) is 12.1. The molecule has 0 spiro atoms. The highest BCUT2D eigenvalue weighted by molar-refractivity contribution is 5.85. The maximum Gasteiger partial charge on any atom is 0.244 e. The van der Waals surface area contributed by atoms with Gasteiger partial charge < -0.3 is 10.6 Å². The number of halogens is 2. The molecule has 4 nitrogen and oxygen atoms in total. The van der Waals surface area contributed by atoms with Gasteiger partial charge in [0.15, 0.2) is 0 Å². The van der Waals surface area contributed by atoms with Gasteiger partial charge >= 0.3 is 0 Å². The van der Waals surface area contributed by atoms with E-state index in [2.05, 4.69) is 32.6 Å². The summed E-state index contributed by atoms with van der Waals surface area (Å²) < 4.78 is 0. The average Bonchev–Trinajstić information content (AvgIpc) is 2.52. The first-order valence-electron chi connectivity index (χ1n) is 8.10. The SMILES string of the molecule is CCN(CC)C(C(=O)N(C)CC(C)(C)CN)c1ccccc1.Cl.Cl. The van der Waals surface area contributed by atoms with Crippen molar-refractivity contribution in [3.05, 3.63) is 35.9 Å². The minimum absolute atomic E-state index is 0. The molecule has 6 heteroatoms. The lowest BCUT2D eigenvalue weighted by molar-refractivity contribution is -0.137. The predicted molar refractivity (Wildman–Crippen MR) is 107 cm³/mol. The smallest absolute Gasteiger partial charge is 0.244 e. The first kappa shape index (κ1) is 25.4. The van der Waals surface area contributed by atoms with Crippen molar-refractivity contribution in [2.45, 2.75) is 33.7 Å². The van der Waals surface area contributed by atoms with Gasteiger partial charge in [-0.3, -0.25) is 9.69 Å². The van der Waals surface area contributed by atoms with E-state index in [4.69, 9.17) is 5.73 Å². The molecule has 0 bridgehead atoms. The van der Waals surface area contributed by atoms with Crippen LogP contribution in [0.15, 0.2) is 30.3 Å². The fourth-order valence-corrected chi connectivity index (χ4v) is 2.73. The third kappa shape index (κ3) is 6.98. The third-order valence-electron chi connectivity index (χ3n) is 4.12. The second kappa shape index (κ2) is 11.7. The van der Waals surface area contributed by atoms with E-state index in [0.717, 1.165) is 18.7 Å². The summed E-state index contributed by atoms with van der Waals surface area (Å²) in [6.07, 6.45) is 0. The standard InChI is InChI=1S/C18H31N3O.2ClH/c1-6-21(7-2)16(15-11-9-8-10-12-15)17(22)20(5)14-18(3,4)13-19;;/h8-12,16H,6-7,13-14,19H2,1-5H3;2*1H.